The quantitative estimate of drug-likeness (QED) is 0.787. The zero-order valence-corrected chi connectivity index (χ0v) is 11.4. The van der Waals surface area contributed by atoms with E-state index >= 15 is 0 Å². The summed E-state index contributed by atoms with van der Waals surface area (Å²) in [6.07, 6.45) is 0.586. The van der Waals surface area contributed by atoms with Gasteiger partial charge >= 0.3 is 0 Å². The van der Waals surface area contributed by atoms with Crippen molar-refractivity contribution < 1.29 is 5.11 Å². The van der Waals surface area contributed by atoms with Crippen LogP contribution in [0.1, 0.15) is 12.0 Å². The van der Waals surface area contributed by atoms with Crippen molar-refractivity contribution in [3.63, 3.8) is 0 Å². The lowest BCUT2D eigenvalue weighted by molar-refractivity contribution is 0.191. The van der Waals surface area contributed by atoms with Crippen LogP contribution in [0.15, 0.2) is 18.2 Å². The first-order chi connectivity index (χ1) is 8.47. The number of aliphatic hydroxyl groups is 1. The molecular formula is C14H23N3O. The van der Waals surface area contributed by atoms with Crippen LogP contribution in [-0.4, -0.2) is 49.3 Å². The molecule has 2 rings (SSSR count). The molecule has 1 aromatic carbocycles. The van der Waals surface area contributed by atoms with Crippen LogP contribution >= 0.6 is 0 Å². The van der Waals surface area contributed by atoms with Gasteiger partial charge in [-0.25, -0.2) is 0 Å². The molecule has 2 atom stereocenters. The number of nitrogens with two attached hydrogens (primary N) is 1. The molecule has 1 fully saturated rings. The minimum atomic E-state index is -0.240. The zero-order chi connectivity index (χ0) is 13.3. The average molecular weight is 249 g/mol. The van der Waals surface area contributed by atoms with E-state index in [4.69, 9.17) is 5.73 Å². The van der Waals surface area contributed by atoms with Crippen LogP contribution in [0.4, 0.5) is 11.4 Å². The monoisotopic (exact) mass is 249 g/mol. The summed E-state index contributed by atoms with van der Waals surface area (Å²) in [5.74, 6) is 0. The molecular weight excluding hydrogens is 226 g/mol. The maximum absolute atomic E-state index is 9.91. The van der Waals surface area contributed by atoms with Gasteiger partial charge in [0.25, 0.3) is 0 Å². The zero-order valence-electron chi connectivity index (χ0n) is 11.4. The molecule has 0 radical (unpaired) electrons. The van der Waals surface area contributed by atoms with E-state index in [0.29, 0.717) is 12.6 Å². The Morgan fingerprint density at radius 3 is 2.83 bits per heavy atom. The van der Waals surface area contributed by atoms with Crippen molar-refractivity contribution in [3.05, 3.63) is 23.8 Å². The molecule has 4 heteroatoms. The van der Waals surface area contributed by atoms with E-state index in [0.717, 1.165) is 24.3 Å². The largest absolute Gasteiger partial charge is 0.399 e. The second-order valence-electron chi connectivity index (χ2n) is 5.50. The third-order valence-electron chi connectivity index (χ3n) is 3.51. The molecule has 1 heterocycles. The maximum atomic E-state index is 9.91. The predicted molar refractivity (Wildman–Crippen MR) is 75.9 cm³/mol. The molecule has 0 bridgehead atoms. The topological polar surface area (TPSA) is 52.7 Å². The molecule has 0 aliphatic carbocycles. The van der Waals surface area contributed by atoms with Crippen LogP contribution in [0.2, 0.25) is 0 Å². The summed E-state index contributed by atoms with van der Waals surface area (Å²) in [6, 6.07) is 6.33. The SMILES string of the molecule is Cc1ccc(N)cc1N1CC(O)CC1CN(C)C. The molecule has 0 amide bonds. The van der Waals surface area contributed by atoms with Gasteiger partial charge in [-0.05, 0) is 45.1 Å². The Kier molecular flexibility index (Phi) is 3.78. The van der Waals surface area contributed by atoms with Gasteiger partial charge in [0, 0.05) is 30.5 Å². The highest BCUT2D eigenvalue weighted by Gasteiger charge is 2.31. The van der Waals surface area contributed by atoms with E-state index in [1.54, 1.807) is 0 Å². The second kappa shape index (κ2) is 5.16. The molecule has 0 aromatic heterocycles. The van der Waals surface area contributed by atoms with Crippen LogP contribution < -0.4 is 10.6 Å². The number of nitrogens with zero attached hydrogens (tertiary/aromatic N) is 2. The smallest absolute Gasteiger partial charge is 0.0735 e. The molecule has 1 aromatic rings. The normalized spacial score (nSPS) is 23.9. The van der Waals surface area contributed by atoms with Gasteiger partial charge in [-0.15, -0.1) is 0 Å². The summed E-state index contributed by atoms with van der Waals surface area (Å²) < 4.78 is 0. The highest BCUT2D eigenvalue weighted by molar-refractivity contribution is 5.62. The van der Waals surface area contributed by atoms with Gasteiger partial charge in [0.1, 0.15) is 0 Å². The fourth-order valence-corrected chi connectivity index (χ4v) is 2.72. The molecule has 0 saturated carbocycles. The predicted octanol–water partition coefficient (Wildman–Crippen LogP) is 1.08. The number of nitrogen functional groups attached to an aromatic ring is 1. The summed E-state index contributed by atoms with van der Waals surface area (Å²) in [7, 11) is 4.13. The summed E-state index contributed by atoms with van der Waals surface area (Å²) in [5, 5.41) is 9.91. The van der Waals surface area contributed by atoms with Crippen LogP contribution in [0, 0.1) is 6.92 Å². The molecule has 4 nitrogen and oxygen atoms in total. The van der Waals surface area contributed by atoms with Crippen LogP contribution in [0.3, 0.4) is 0 Å². The van der Waals surface area contributed by atoms with Gasteiger partial charge in [-0.2, -0.15) is 0 Å². The van der Waals surface area contributed by atoms with E-state index < -0.39 is 0 Å². The number of likely N-dealkylation sites (N-methyl/N-ethyl adjacent to an activating group) is 1. The number of anilines is 2. The lowest BCUT2D eigenvalue weighted by atomic mass is 10.1. The van der Waals surface area contributed by atoms with E-state index in [1.807, 2.05) is 18.2 Å². The minimum Gasteiger partial charge on any atom is -0.399 e. The van der Waals surface area contributed by atoms with E-state index in [9.17, 15) is 5.11 Å². The Morgan fingerprint density at radius 2 is 2.17 bits per heavy atom. The summed E-state index contributed by atoms with van der Waals surface area (Å²) in [4.78, 5) is 4.45. The van der Waals surface area contributed by atoms with Crippen molar-refractivity contribution in [3.8, 4) is 0 Å². The molecule has 1 aliphatic heterocycles. The lowest BCUT2D eigenvalue weighted by Crippen LogP contribution is -2.38. The van der Waals surface area contributed by atoms with Crippen molar-refractivity contribution in [2.24, 2.45) is 0 Å². The first-order valence-electron chi connectivity index (χ1n) is 6.43. The average Bonchev–Trinajstić information content (AvgIpc) is 2.62. The number of rotatable bonds is 3. The fourth-order valence-electron chi connectivity index (χ4n) is 2.72. The van der Waals surface area contributed by atoms with Crippen molar-refractivity contribution >= 4 is 11.4 Å². The third-order valence-corrected chi connectivity index (χ3v) is 3.51. The number of aryl methyl sites for hydroxylation is 1. The van der Waals surface area contributed by atoms with Gasteiger partial charge < -0.3 is 20.6 Å². The third kappa shape index (κ3) is 2.76. The van der Waals surface area contributed by atoms with Crippen molar-refractivity contribution in [2.75, 3.05) is 37.8 Å². The van der Waals surface area contributed by atoms with Crippen LogP contribution in [0.5, 0.6) is 0 Å². The number of β-amino-alcohol motifs (C(OH)–C–C–N with tert-alkyl or cyclic N) is 1. The minimum absolute atomic E-state index is 0.240. The first kappa shape index (κ1) is 13.2. The summed E-state index contributed by atoms with van der Waals surface area (Å²) >= 11 is 0. The van der Waals surface area contributed by atoms with Gasteiger partial charge in [0.05, 0.1) is 6.10 Å². The molecule has 1 aliphatic rings. The number of hydrogen-bond donors (Lipinski definition) is 2. The molecule has 2 unspecified atom stereocenters. The van der Waals surface area contributed by atoms with E-state index in [1.165, 1.54) is 5.56 Å². The molecule has 1 saturated heterocycles. The highest BCUT2D eigenvalue weighted by atomic mass is 16.3. The Hall–Kier alpha value is -1.26. The van der Waals surface area contributed by atoms with E-state index in [2.05, 4.69) is 30.8 Å². The second-order valence-corrected chi connectivity index (χ2v) is 5.50. The molecule has 18 heavy (non-hydrogen) atoms. The highest BCUT2D eigenvalue weighted by Crippen LogP contribution is 2.30. The maximum Gasteiger partial charge on any atom is 0.0735 e. The van der Waals surface area contributed by atoms with Crippen LogP contribution in [0.25, 0.3) is 0 Å². The van der Waals surface area contributed by atoms with Gasteiger partial charge in [-0.1, -0.05) is 6.07 Å². The molecule has 3 N–H and O–H groups in total. The molecule has 100 valence electrons. The Balaban J connectivity index is 2.26. The number of hydrogen-bond acceptors (Lipinski definition) is 4. The summed E-state index contributed by atoms with van der Waals surface area (Å²) in [5.41, 5.74) is 9.02. The van der Waals surface area contributed by atoms with Crippen molar-refractivity contribution in [1.29, 1.82) is 0 Å². The van der Waals surface area contributed by atoms with E-state index in [-0.39, 0.29) is 6.10 Å². The summed E-state index contributed by atoms with van der Waals surface area (Å²) in [6.45, 7) is 3.74. The number of benzene rings is 1. The molecule has 0 spiro atoms. The number of aliphatic hydroxyl groups excluding tert-OH is 1. The standard InChI is InChI=1S/C14H23N3O/c1-10-4-5-11(15)6-14(10)17-9-13(18)7-12(17)8-16(2)3/h4-6,12-13,18H,7-9,15H2,1-3H3. The van der Waals surface area contributed by atoms with Gasteiger partial charge in [0.15, 0.2) is 0 Å². The van der Waals surface area contributed by atoms with Gasteiger partial charge in [0.2, 0.25) is 0 Å². The lowest BCUT2D eigenvalue weighted by Gasteiger charge is -2.30. The Labute approximate surface area is 109 Å². The first-order valence-corrected chi connectivity index (χ1v) is 6.43. The van der Waals surface area contributed by atoms with Crippen molar-refractivity contribution in [2.45, 2.75) is 25.5 Å². The Bertz CT molecular complexity index is 420. The van der Waals surface area contributed by atoms with Crippen molar-refractivity contribution in [1.82, 2.24) is 4.90 Å². The van der Waals surface area contributed by atoms with Crippen LogP contribution in [-0.2, 0) is 0 Å². The van der Waals surface area contributed by atoms with Gasteiger partial charge in [-0.3, -0.25) is 0 Å². The fraction of sp³-hybridized carbons (Fsp3) is 0.571. The Morgan fingerprint density at radius 1 is 1.44 bits per heavy atom.